The highest BCUT2D eigenvalue weighted by Crippen LogP contribution is 2.26. The van der Waals surface area contributed by atoms with E-state index in [2.05, 4.69) is 20.5 Å². The van der Waals surface area contributed by atoms with Gasteiger partial charge in [-0.25, -0.2) is 0 Å². The zero-order chi connectivity index (χ0) is 20.9. The Balaban J connectivity index is 1.65. The average molecular weight is 398 g/mol. The number of methoxy groups -OCH3 is 1. The van der Waals surface area contributed by atoms with Crippen LogP contribution in [-0.2, 0) is 0 Å². The number of carbonyl (C=O) groups is 1. The van der Waals surface area contributed by atoms with E-state index in [1.165, 1.54) is 0 Å². The van der Waals surface area contributed by atoms with Gasteiger partial charge in [-0.05, 0) is 42.3 Å². The molecule has 30 heavy (non-hydrogen) atoms. The van der Waals surface area contributed by atoms with E-state index in [-0.39, 0.29) is 11.9 Å². The van der Waals surface area contributed by atoms with Crippen LogP contribution in [0.15, 0.2) is 79.1 Å². The summed E-state index contributed by atoms with van der Waals surface area (Å²) in [7, 11) is 1.63. The molecule has 0 spiro atoms. The quantitative estimate of drug-likeness (QED) is 0.507. The second-order valence-corrected chi connectivity index (χ2v) is 6.90. The van der Waals surface area contributed by atoms with Gasteiger partial charge in [-0.15, -0.1) is 0 Å². The maximum absolute atomic E-state index is 13.2. The molecular weight excluding hydrogens is 376 g/mol. The van der Waals surface area contributed by atoms with Crippen molar-refractivity contribution in [1.29, 1.82) is 0 Å². The largest absolute Gasteiger partial charge is 0.497 e. The Morgan fingerprint density at radius 1 is 0.967 bits per heavy atom. The van der Waals surface area contributed by atoms with Gasteiger partial charge in [-0.1, -0.05) is 42.5 Å². The van der Waals surface area contributed by atoms with E-state index in [1.807, 2.05) is 73.7 Å². The summed E-state index contributed by atoms with van der Waals surface area (Å²) in [6, 6.07) is 20.9. The minimum absolute atomic E-state index is 0.222. The molecule has 0 unspecified atom stereocenters. The Morgan fingerprint density at radius 3 is 2.30 bits per heavy atom. The molecule has 4 aromatic rings. The number of aromatic amines is 1. The first-order valence-corrected chi connectivity index (χ1v) is 9.62. The van der Waals surface area contributed by atoms with Crippen molar-refractivity contribution in [2.45, 2.75) is 13.0 Å². The Morgan fingerprint density at radius 2 is 1.63 bits per heavy atom. The molecule has 0 aliphatic carbocycles. The molecule has 2 N–H and O–H groups in total. The Hall–Kier alpha value is -3.93. The fourth-order valence-corrected chi connectivity index (χ4v) is 3.41. The number of hydrogen-bond acceptors (Lipinski definition) is 4. The van der Waals surface area contributed by atoms with Crippen LogP contribution >= 0.6 is 0 Å². The number of hydrogen-bond donors (Lipinski definition) is 2. The van der Waals surface area contributed by atoms with Gasteiger partial charge in [0, 0.05) is 23.5 Å². The van der Waals surface area contributed by atoms with Crippen LogP contribution in [0.3, 0.4) is 0 Å². The van der Waals surface area contributed by atoms with Crippen LogP contribution in [-0.4, -0.2) is 28.2 Å². The van der Waals surface area contributed by atoms with E-state index in [1.54, 1.807) is 19.5 Å². The number of rotatable bonds is 6. The van der Waals surface area contributed by atoms with Crippen LogP contribution in [0.25, 0.3) is 11.3 Å². The third-order valence-corrected chi connectivity index (χ3v) is 5.05. The normalized spacial score (nSPS) is 11.7. The summed E-state index contributed by atoms with van der Waals surface area (Å²) < 4.78 is 5.25. The fraction of sp³-hybridized carbons (Fsp3) is 0.125. The number of aromatic nitrogens is 3. The maximum atomic E-state index is 13.2. The van der Waals surface area contributed by atoms with Gasteiger partial charge in [0.25, 0.3) is 5.91 Å². The van der Waals surface area contributed by atoms with Crippen LogP contribution in [0, 0.1) is 6.92 Å². The predicted octanol–water partition coefficient (Wildman–Crippen LogP) is 4.31. The van der Waals surface area contributed by atoms with Crippen molar-refractivity contribution in [3.8, 4) is 17.0 Å². The molecule has 2 aromatic heterocycles. The number of ether oxygens (including phenoxy) is 1. The van der Waals surface area contributed by atoms with Crippen LogP contribution in [0.2, 0.25) is 0 Å². The van der Waals surface area contributed by atoms with E-state index < -0.39 is 0 Å². The second kappa shape index (κ2) is 8.61. The monoisotopic (exact) mass is 398 g/mol. The molecule has 0 radical (unpaired) electrons. The number of carbonyl (C=O) groups excluding carboxylic acids is 1. The van der Waals surface area contributed by atoms with Crippen molar-refractivity contribution >= 4 is 5.91 Å². The summed E-state index contributed by atoms with van der Waals surface area (Å²) >= 11 is 0. The number of pyridine rings is 1. The van der Waals surface area contributed by atoms with Crippen molar-refractivity contribution < 1.29 is 9.53 Å². The van der Waals surface area contributed by atoms with Gasteiger partial charge in [0.15, 0.2) is 0 Å². The van der Waals surface area contributed by atoms with Gasteiger partial charge >= 0.3 is 0 Å². The standard InChI is InChI=1S/C24H22N4O2/c1-16-21(17-6-4-3-5-7-17)27-28-22(16)24(29)26-23(19-12-14-25-15-13-19)18-8-10-20(30-2)11-9-18/h3-15,23H,1-2H3,(H,26,29)(H,27,28)/t23-/m1/s1. The highest BCUT2D eigenvalue weighted by Gasteiger charge is 2.22. The molecule has 2 aromatic carbocycles. The molecule has 0 saturated carbocycles. The molecule has 0 saturated heterocycles. The van der Waals surface area contributed by atoms with Crippen LogP contribution < -0.4 is 10.1 Å². The van der Waals surface area contributed by atoms with Gasteiger partial charge in [-0.2, -0.15) is 5.10 Å². The van der Waals surface area contributed by atoms with Gasteiger partial charge in [0.05, 0.1) is 18.8 Å². The summed E-state index contributed by atoms with van der Waals surface area (Å²) in [6.07, 6.45) is 3.43. The lowest BCUT2D eigenvalue weighted by Crippen LogP contribution is -2.30. The van der Waals surface area contributed by atoms with Crippen LogP contribution in [0.1, 0.15) is 33.2 Å². The molecule has 0 aliphatic heterocycles. The first-order chi connectivity index (χ1) is 14.7. The third kappa shape index (κ3) is 3.93. The van der Waals surface area contributed by atoms with E-state index in [0.29, 0.717) is 5.69 Å². The van der Waals surface area contributed by atoms with E-state index in [9.17, 15) is 4.79 Å². The van der Waals surface area contributed by atoms with E-state index in [0.717, 1.165) is 33.7 Å². The zero-order valence-corrected chi connectivity index (χ0v) is 16.8. The number of benzene rings is 2. The lowest BCUT2D eigenvalue weighted by Gasteiger charge is -2.20. The lowest BCUT2D eigenvalue weighted by molar-refractivity contribution is 0.0937. The molecule has 0 aliphatic rings. The topological polar surface area (TPSA) is 79.9 Å². The highest BCUT2D eigenvalue weighted by atomic mass is 16.5. The van der Waals surface area contributed by atoms with Crippen molar-refractivity contribution in [3.05, 3.63) is 102 Å². The summed E-state index contributed by atoms with van der Waals surface area (Å²) in [5, 5.41) is 10.4. The molecule has 1 atom stereocenters. The second-order valence-electron chi connectivity index (χ2n) is 6.90. The Labute approximate surface area is 175 Å². The van der Waals surface area contributed by atoms with Crippen molar-refractivity contribution in [2.75, 3.05) is 7.11 Å². The number of nitrogens with one attached hydrogen (secondary N) is 2. The third-order valence-electron chi connectivity index (χ3n) is 5.05. The molecule has 4 rings (SSSR count). The summed E-state index contributed by atoms with van der Waals surface area (Å²) in [5.74, 6) is 0.537. The molecule has 6 nitrogen and oxygen atoms in total. The minimum Gasteiger partial charge on any atom is -0.497 e. The minimum atomic E-state index is -0.339. The van der Waals surface area contributed by atoms with E-state index >= 15 is 0 Å². The molecule has 0 bridgehead atoms. The maximum Gasteiger partial charge on any atom is 0.270 e. The molecule has 150 valence electrons. The fourth-order valence-electron chi connectivity index (χ4n) is 3.41. The molecule has 1 amide bonds. The predicted molar refractivity (Wildman–Crippen MR) is 115 cm³/mol. The smallest absolute Gasteiger partial charge is 0.270 e. The number of H-pyrrole nitrogens is 1. The summed E-state index contributed by atoms with van der Waals surface area (Å²) in [6.45, 7) is 1.90. The molecule has 2 heterocycles. The lowest BCUT2D eigenvalue weighted by atomic mass is 9.99. The average Bonchev–Trinajstić information content (AvgIpc) is 3.20. The molecular formula is C24H22N4O2. The molecule has 6 heteroatoms. The SMILES string of the molecule is COc1ccc([C@@H](NC(=O)c2[nH]nc(-c3ccccc3)c2C)c2ccncc2)cc1. The molecule has 0 fully saturated rings. The van der Waals surface area contributed by atoms with Gasteiger partial charge < -0.3 is 10.1 Å². The van der Waals surface area contributed by atoms with Gasteiger partial charge in [0.1, 0.15) is 11.4 Å². The summed E-state index contributed by atoms with van der Waals surface area (Å²) in [5.41, 5.74) is 4.86. The van der Waals surface area contributed by atoms with Crippen molar-refractivity contribution in [2.24, 2.45) is 0 Å². The zero-order valence-electron chi connectivity index (χ0n) is 16.8. The first-order valence-electron chi connectivity index (χ1n) is 9.62. The Bertz CT molecular complexity index is 1120. The van der Waals surface area contributed by atoms with E-state index in [4.69, 9.17) is 4.74 Å². The van der Waals surface area contributed by atoms with Crippen LogP contribution in [0.4, 0.5) is 0 Å². The highest BCUT2D eigenvalue weighted by molar-refractivity contribution is 5.95. The van der Waals surface area contributed by atoms with Gasteiger partial charge in [0.2, 0.25) is 0 Å². The first kappa shape index (κ1) is 19.4. The van der Waals surface area contributed by atoms with Crippen molar-refractivity contribution in [3.63, 3.8) is 0 Å². The van der Waals surface area contributed by atoms with Crippen LogP contribution in [0.5, 0.6) is 5.75 Å². The van der Waals surface area contributed by atoms with Gasteiger partial charge in [-0.3, -0.25) is 14.9 Å². The number of amides is 1. The summed E-state index contributed by atoms with van der Waals surface area (Å²) in [4.78, 5) is 17.3. The Kier molecular flexibility index (Phi) is 5.57. The van der Waals surface area contributed by atoms with Crippen molar-refractivity contribution in [1.82, 2.24) is 20.5 Å². The number of nitrogens with zero attached hydrogens (tertiary/aromatic N) is 2.